The third kappa shape index (κ3) is 4.11. The number of amides is 1. The summed E-state index contributed by atoms with van der Waals surface area (Å²) in [5, 5.41) is 13.8. The van der Waals surface area contributed by atoms with Crippen molar-refractivity contribution in [1.82, 2.24) is 15.3 Å². The molecule has 1 aromatic carbocycles. The fourth-order valence-corrected chi connectivity index (χ4v) is 3.24. The number of methoxy groups -OCH3 is 1. The number of benzene rings is 1. The van der Waals surface area contributed by atoms with Crippen LogP contribution in [0.2, 0.25) is 0 Å². The monoisotopic (exact) mass is 356 g/mol. The first-order valence-electron chi connectivity index (χ1n) is 8.68. The molecule has 3 rings (SSSR count). The number of ether oxygens (including phenoxy) is 1. The Morgan fingerprint density at radius 1 is 1.38 bits per heavy atom. The molecule has 0 spiro atoms. The number of aliphatic hydroxyl groups is 1. The molecule has 2 heterocycles. The molecule has 0 radical (unpaired) electrons. The molecule has 1 atom stereocenters. The van der Waals surface area contributed by atoms with Crippen molar-refractivity contribution in [2.45, 2.75) is 25.4 Å². The number of carbonyl (C=O) groups is 1. The van der Waals surface area contributed by atoms with Crippen molar-refractivity contribution >= 4 is 11.7 Å². The first-order chi connectivity index (χ1) is 12.5. The standard InChI is InChI=1S/C19H24N4O3/c1-14-10-17(22-13-21-14)23-9-5-8-19(25,12-23)11-20-18(24)15-6-3-4-7-16(15)26-2/h3-4,6-7,10,13,25H,5,8-9,11-12H2,1-2H3,(H,20,24). The quantitative estimate of drug-likeness (QED) is 0.845. The number of hydrogen-bond donors (Lipinski definition) is 2. The molecular weight excluding hydrogens is 332 g/mol. The molecule has 1 fully saturated rings. The molecule has 1 aliphatic rings. The van der Waals surface area contributed by atoms with Gasteiger partial charge in [-0.1, -0.05) is 12.1 Å². The van der Waals surface area contributed by atoms with E-state index in [4.69, 9.17) is 4.74 Å². The molecule has 2 N–H and O–H groups in total. The average molecular weight is 356 g/mol. The summed E-state index contributed by atoms with van der Waals surface area (Å²) in [7, 11) is 1.53. The Kier molecular flexibility index (Phi) is 5.37. The van der Waals surface area contributed by atoms with E-state index in [1.54, 1.807) is 18.2 Å². The summed E-state index contributed by atoms with van der Waals surface area (Å²) in [6, 6.07) is 8.94. The minimum absolute atomic E-state index is 0.171. The van der Waals surface area contributed by atoms with Gasteiger partial charge in [0, 0.05) is 31.4 Å². The van der Waals surface area contributed by atoms with E-state index < -0.39 is 5.60 Å². The lowest BCUT2D eigenvalue weighted by Gasteiger charge is -2.39. The molecule has 138 valence electrons. The second kappa shape index (κ2) is 7.70. The number of β-amino-alcohol motifs (C(OH)–C–C–N with tert-alkyl or cyclic N) is 1. The van der Waals surface area contributed by atoms with Crippen LogP contribution in [0.4, 0.5) is 5.82 Å². The molecule has 0 saturated carbocycles. The topological polar surface area (TPSA) is 87.6 Å². The summed E-state index contributed by atoms with van der Waals surface area (Å²) < 4.78 is 5.22. The maximum absolute atomic E-state index is 12.5. The van der Waals surface area contributed by atoms with Crippen molar-refractivity contribution in [2.24, 2.45) is 0 Å². The molecule has 26 heavy (non-hydrogen) atoms. The predicted molar refractivity (Wildman–Crippen MR) is 98.5 cm³/mol. The number of piperidine rings is 1. The highest BCUT2D eigenvalue weighted by Gasteiger charge is 2.34. The first-order valence-corrected chi connectivity index (χ1v) is 8.68. The Labute approximate surface area is 153 Å². The highest BCUT2D eigenvalue weighted by molar-refractivity contribution is 5.96. The van der Waals surface area contributed by atoms with Crippen molar-refractivity contribution in [3.63, 3.8) is 0 Å². The van der Waals surface area contributed by atoms with E-state index >= 15 is 0 Å². The zero-order chi connectivity index (χ0) is 18.6. The van der Waals surface area contributed by atoms with E-state index in [1.807, 2.05) is 24.0 Å². The Bertz CT molecular complexity index is 783. The zero-order valence-corrected chi connectivity index (χ0v) is 15.1. The Balaban J connectivity index is 1.66. The van der Waals surface area contributed by atoms with Gasteiger partial charge in [-0.25, -0.2) is 9.97 Å². The van der Waals surface area contributed by atoms with Crippen LogP contribution in [0.25, 0.3) is 0 Å². The number of aryl methyl sites for hydroxylation is 1. The second-order valence-electron chi connectivity index (χ2n) is 6.65. The maximum Gasteiger partial charge on any atom is 0.255 e. The highest BCUT2D eigenvalue weighted by atomic mass is 16.5. The largest absolute Gasteiger partial charge is 0.496 e. The minimum Gasteiger partial charge on any atom is -0.496 e. The number of carbonyl (C=O) groups excluding carboxylic acids is 1. The molecule has 2 aromatic rings. The summed E-state index contributed by atoms with van der Waals surface area (Å²) in [4.78, 5) is 22.9. The molecule has 1 aromatic heterocycles. The lowest BCUT2D eigenvalue weighted by Crippen LogP contribution is -2.54. The zero-order valence-electron chi connectivity index (χ0n) is 15.1. The number of nitrogens with one attached hydrogen (secondary N) is 1. The third-order valence-electron chi connectivity index (χ3n) is 4.60. The second-order valence-corrected chi connectivity index (χ2v) is 6.65. The summed E-state index contributed by atoms with van der Waals surface area (Å²) in [6.45, 7) is 3.31. The molecular formula is C19H24N4O3. The van der Waals surface area contributed by atoms with Crippen LogP contribution in [0.5, 0.6) is 5.75 Å². The van der Waals surface area contributed by atoms with Gasteiger partial charge in [0.2, 0.25) is 0 Å². The third-order valence-corrected chi connectivity index (χ3v) is 4.60. The molecule has 0 aliphatic carbocycles. The number of para-hydroxylation sites is 1. The van der Waals surface area contributed by atoms with E-state index in [0.717, 1.165) is 24.5 Å². The van der Waals surface area contributed by atoms with Crippen molar-refractivity contribution in [1.29, 1.82) is 0 Å². The van der Waals surface area contributed by atoms with Crippen molar-refractivity contribution in [2.75, 3.05) is 31.6 Å². The van der Waals surface area contributed by atoms with Crippen LogP contribution < -0.4 is 15.0 Å². The van der Waals surface area contributed by atoms with Crippen LogP contribution in [0.3, 0.4) is 0 Å². The molecule has 1 unspecified atom stereocenters. The van der Waals surface area contributed by atoms with E-state index in [1.165, 1.54) is 13.4 Å². The Morgan fingerprint density at radius 2 is 2.19 bits per heavy atom. The van der Waals surface area contributed by atoms with E-state index in [9.17, 15) is 9.90 Å². The van der Waals surface area contributed by atoms with Gasteiger partial charge in [-0.2, -0.15) is 0 Å². The van der Waals surface area contributed by atoms with Crippen molar-refractivity contribution in [3.8, 4) is 5.75 Å². The van der Waals surface area contributed by atoms with E-state index in [2.05, 4.69) is 15.3 Å². The number of nitrogens with zero attached hydrogens (tertiary/aromatic N) is 3. The fourth-order valence-electron chi connectivity index (χ4n) is 3.24. The van der Waals surface area contributed by atoms with Crippen LogP contribution in [-0.2, 0) is 0 Å². The summed E-state index contributed by atoms with van der Waals surface area (Å²) >= 11 is 0. The van der Waals surface area contributed by atoms with Gasteiger partial charge >= 0.3 is 0 Å². The predicted octanol–water partition coefficient (Wildman–Crippen LogP) is 1.55. The molecule has 1 amide bonds. The Morgan fingerprint density at radius 3 is 2.96 bits per heavy atom. The SMILES string of the molecule is COc1ccccc1C(=O)NCC1(O)CCCN(c2cc(C)ncn2)C1. The normalized spacial score (nSPS) is 19.9. The summed E-state index contributed by atoms with van der Waals surface area (Å²) in [5.41, 5.74) is 0.334. The van der Waals surface area contributed by atoms with Gasteiger partial charge in [-0.15, -0.1) is 0 Å². The van der Waals surface area contributed by atoms with Gasteiger partial charge in [0.1, 0.15) is 17.9 Å². The molecule has 7 heteroatoms. The molecule has 7 nitrogen and oxygen atoms in total. The fraction of sp³-hybridized carbons (Fsp3) is 0.421. The number of hydrogen-bond acceptors (Lipinski definition) is 6. The molecule has 0 bridgehead atoms. The Hall–Kier alpha value is -2.67. The van der Waals surface area contributed by atoms with Gasteiger partial charge in [-0.3, -0.25) is 4.79 Å². The van der Waals surface area contributed by atoms with E-state index in [0.29, 0.717) is 24.3 Å². The molecule has 1 saturated heterocycles. The van der Waals surface area contributed by atoms with Crippen LogP contribution in [0.1, 0.15) is 28.9 Å². The maximum atomic E-state index is 12.5. The van der Waals surface area contributed by atoms with Crippen LogP contribution >= 0.6 is 0 Å². The molecule has 1 aliphatic heterocycles. The van der Waals surface area contributed by atoms with Gasteiger partial charge < -0.3 is 20.1 Å². The van der Waals surface area contributed by atoms with Crippen LogP contribution in [0.15, 0.2) is 36.7 Å². The van der Waals surface area contributed by atoms with Gasteiger partial charge in [0.25, 0.3) is 5.91 Å². The smallest absolute Gasteiger partial charge is 0.255 e. The van der Waals surface area contributed by atoms with Gasteiger partial charge in [-0.05, 0) is 31.9 Å². The van der Waals surface area contributed by atoms with Crippen LogP contribution in [0, 0.1) is 6.92 Å². The summed E-state index contributed by atoms with van der Waals surface area (Å²) in [6.07, 6.45) is 2.98. The number of rotatable bonds is 5. The number of anilines is 1. The minimum atomic E-state index is -1.01. The van der Waals surface area contributed by atoms with Gasteiger partial charge in [0.05, 0.1) is 18.3 Å². The van der Waals surface area contributed by atoms with Gasteiger partial charge in [0.15, 0.2) is 0 Å². The van der Waals surface area contributed by atoms with Crippen molar-refractivity contribution < 1.29 is 14.6 Å². The average Bonchev–Trinajstić information content (AvgIpc) is 2.66. The first kappa shape index (κ1) is 18.1. The lowest BCUT2D eigenvalue weighted by molar-refractivity contribution is 0.0254. The number of aromatic nitrogens is 2. The highest BCUT2D eigenvalue weighted by Crippen LogP contribution is 2.25. The van der Waals surface area contributed by atoms with E-state index in [-0.39, 0.29) is 12.5 Å². The summed E-state index contributed by atoms with van der Waals surface area (Å²) in [5.74, 6) is 1.05. The van der Waals surface area contributed by atoms with Crippen LogP contribution in [-0.4, -0.2) is 53.3 Å². The van der Waals surface area contributed by atoms with Crippen molar-refractivity contribution in [3.05, 3.63) is 47.9 Å². The lowest BCUT2D eigenvalue weighted by atomic mass is 9.92.